The minimum absolute atomic E-state index is 0.0117. The lowest BCUT2D eigenvalue weighted by atomic mass is 9.66. The molecule has 0 aromatic heterocycles. The number of benzene rings is 1. The van der Waals surface area contributed by atoms with Gasteiger partial charge in [0.25, 0.3) is 0 Å². The molecule has 0 amide bonds. The molecular formula is C29H40O8. The van der Waals surface area contributed by atoms with Gasteiger partial charge >= 0.3 is 11.9 Å². The number of hydrogen-bond acceptors (Lipinski definition) is 7. The van der Waals surface area contributed by atoms with Gasteiger partial charge in [-0.05, 0) is 67.7 Å². The smallest absolute Gasteiger partial charge is 0.347 e. The summed E-state index contributed by atoms with van der Waals surface area (Å²) in [6.07, 6.45) is 3.07. The Hall–Kier alpha value is -2.68. The minimum Gasteiger partial charge on any atom is -0.481 e. The monoisotopic (exact) mass is 516 g/mol. The van der Waals surface area contributed by atoms with Crippen molar-refractivity contribution in [3.8, 4) is 5.75 Å². The maximum atomic E-state index is 13.2. The molecule has 0 radical (unpaired) electrons. The van der Waals surface area contributed by atoms with Crippen molar-refractivity contribution < 1.29 is 39.5 Å². The summed E-state index contributed by atoms with van der Waals surface area (Å²) in [6.45, 7) is 5.88. The SMILES string of the molecule is CCC(Oc1cccc(C)c1)C(=O)OC1CC(O)C=C2C=CC(C)C(CCC(O)CC(O)CC(=O)O)C21. The molecule has 8 unspecified atom stereocenters. The molecule has 0 fully saturated rings. The van der Waals surface area contributed by atoms with Gasteiger partial charge in [0.15, 0.2) is 6.10 Å². The fourth-order valence-corrected chi connectivity index (χ4v) is 5.46. The number of aryl methyl sites for hydroxylation is 1. The number of allylic oxidation sites excluding steroid dienone is 2. The van der Waals surface area contributed by atoms with E-state index in [1.807, 2.05) is 38.1 Å². The van der Waals surface area contributed by atoms with Crippen molar-refractivity contribution in [2.45, 2.75) is 89.8 Å². The van der Waals surface area contributed by atoms with Gasteiger partial charge < -0.3 is 29.9 Å². The van der Waals surface area contributed by atoms with Crippen molar-refractivity contribution in [2.75, 3.05) is 0 Å². The van der Waals surface area contributed by atoms with Gasteiger partial charge in [-0.2, -0.15) is 0 Å². The summed E-state index contributed by atoms with van der Waals surface area (Å²) in [4.78, 5) is 24.0. The third-order valence-corrected chi connectivity index (χ3v) is 7.33. The van der Waals surface area contributed by atoms with E-state index in [-0.39, 0.29) is 30.6 Å². The molecule has 3 rings (SSSR count). The van der Waals surface area contributed by atoms with E-state index < -0.39 is 48.9 Å². The Morgan fingerprint density at radius 3 is 2.62 bits per heavy atom. The second-order valence-corrected chi connectivity index (χ2v) is 10.4. The van der Waals surface area contributed by atoms with Crippen molar-refractivity contribution in [1.82, 2.24) is 0 Å². The number of fused-ring (bicyclic) bond motifs is 1. The second kappa shape index (κ2) is 13.2. The van der Waals surface area contributed by atoms with Gasteiger partial charge in [-0.25, -0.2) is 4.79 Å². The predicted molar refractivity (Wildman–Crippen MR) is 138 cm³/mol. The van der Waals surface area contributed by atoms with E-state index >= 15 is 0 Å². The lowest BCUT2D eigenvalue weighted by Crippen LogP contribution is -2.44. The van der Waals surface area contributed by atoms with Gasteiger partial charge in [0.2, 0.25) is 0 Å². The normalized spacial score (nSPS) is 27.4. The van der Waals surface area contributed by atoms with E-state index in [0.29, 0.717) is 25.0 Å². The lowest BCUT2D eigenvalue weighted by molar-refractivity contribution is -0.163. The number of aliphatic hydroxyl groups excluding tert-OH is 3. The predicted octanol–water partition coefficient (Wildman–Crippen LogP) is 3.56. The maximum Gasteiger partial charge on any atom is 0.347 e. The van der Waals surface area contributed by atoms with E-state index in [4.69, 9.17) is 14.6 Å². The number of aliphatic hydroxyl groups is 3. The molecule has 0 saturated carbocycles. The molecule has 4 N–H and O–H groups in total. The summed E-state index contributed by atoms with van der Waals surface area (Å²) >= 11 is 0. The highest BCUT2D eigenvalue weighted by Crippen LogP contribution is 2.44. The zero-order valence-electron chi connectivity index (χ0n) is 21.8. The molecule has 37 heavy (non-hydrogen) atoms. The van der Waals surface area contributed by atoms with Gasteiger partial charge in [-0.1, -0.05) is 44.2 Å². The molecule has 204 valence electrons. The summed E-state index contributed by atoms with van der Waals surface area (Å²) in [5, 5.41) is 39.6. The van der Waals surface area contributed by atoms with E-state index in [1.165, 1.54) is 0 Å². The Morgan fingerprint density at radius 1 is 1.19 bits per heavy atom. The van der Waals surface area contributed by atoms with Gasteiger partial charge in [0, 0.05) is 12.3 Å². The van der Waals surface area contributed by atoms with E-state index in [9.17, 15) is 24.9 Å². The molecule has 0 saturated heterocycles. The number of esters is 1. The number of hydrogen-bond donors (Lipinski definition) is 4. The summed E-state index contributed by atoms with van der Waals surface area (Å²) < 4.78 is 12.0. The molecule has 1 aromatic rings. The molecule has 8 nitrogen and oxygen atoms in total. The maximum absolute atomic E-state index is 13.2. The Balaban J connectivity index is 1.70. The van der Waals surface area contributed by atoms with Crippen molar-refractivity contribution >= 4 is 11.9 Å². The van der Waals surface area contributed by atoms with Crippen molar-refractivity contribution in [1.29, 1.82) is 0 Å². The molecule has 2 aliphatic carbocycles. The minimum atomic E-state index is -1.11. The number of rotatable bonds is 12. The van der Waals surface area contributed by atoms with Crippen LogP contribution in [0.2, 0.25) is 0 Å². The van der Waals surface area contributed by atoms with E-state index in [0.717, 1.165) is 11.1 Å². The zero-order valence-corrected chi connectivity index (χ0v) is 21.8. The number of carboxylic acid groups (broad SMARTS) is 1. The molecule has 0 bridgehead atoms. The van der Waals surface area contributed by atoms with Gasteiger partial charge in [0.05, 0.1) is 24.7 Å². The summed E-state index contributed by atoms with van der Waals surface area (Å²) in [7, 11) is 0. The first-order chi connectivity index (χ1) is 17.6. The topological polar surface area (TPSA) is 134 Å². The molecule has 1 aromatic carbocycles. The number of aliphatic carboxylic acids is 1. The highest BCUT2D eigenvalue weighted by molar-refractivity contribution is 5.75. The van der Waals surface area contributed by atoms with Crippen LogP contribution in [0.5, 0.6) is 5.75 Å². The average Bonchev–Trinajstić information content (AvgIpc) is 2.81. The largest absolute Gasteiger partial charge is 0.481 e. The molecular weight excluding hydrogens is 476 g/mol. The van der Waals surface area contributed by atoms with Crippen LogP contribution >= 0.6 is 0 Å². The Bertz CT molecular complexity index is 986. The fourth-order valence-electron chi connectivity index (χ4n) is 5.46. The summed E-state index contributed by atoms with van der Waals surface area (Å²) in [6, 6.07) is 7.48. The lowest BCUT2D eigenvalue weighted by Gasteiger charge is -2.43. The molecule has 0 heterocycles. The van der Waals surface area contributed by atoms with E-state index in [1.54, 1.807) is 12.1 Å². The quantitative estimate of drug-likeness (QED) is 0.310. The van der Waals surface area contributed by atoms with Crippen molar-refractivity contribution in [3.63, 3.8) is 0 Å². The average molecular weight is 517 g/mol. The van der Waals surface area contributed by atoms with Crippen LogP contribution < -0.4 is 4.74 Å². The summed E-state index contributed by atoms with van der Waals surface area (Å²) in [5.41, 5.74) is 1.93. The third kappa shape index (κ3) is 8.15. The van der Waals surface area contributed by atoms with Crippen LogP contribution in [0.25, 0.3) is 0 Å². The van der Waals surface area contributed by atoms with E-state index in [2.05, 4.69) is 13.0 Å². The molecule has 0 aliphatic heterocycles. The van der Waals surface area contributed by atoms with Crippen molar-refractivity contribution in [3.05, 3.63) is 53.6 Å². The molecule has 2 aliphatic rings. The van der Waals surface area contributed by atoms with Gasteiger partial charge in [-0.15, -0.1) is 0 Å². The Labute approximate surface area is 218 Å². The first kappa shape index (κ1) is 28.9. The highest BCUT2D eigenvalue weighted by atomic mass is 16.6. The molecule has 8 heteroatoms. The number of carbonyl (C=O) groups excluding carboxylic acids is 1. The number of carboxylic acids is 1. The van der Waals surface area contributed by atoms with Crippen LogP contribution in [-0.4, -0.2) is 62.9 Å². The first-order valence-corrected chi connectivity index (χ1v) is 13.2. The van der Waals surface area contributed by atoms with Crippen LogP contribution in [0.15, 0.2) is 48.1 Å². The third-order valence-electron chi connectivity index (χ3n) is 7.33. The van der Waals surface area contributed by atoms with Crippen molar-refractivity contribution in [2.24, 2.45) is 17.8 Å². The van der Waals surface area contributed by atoms with Gasteiger partial charge in [-0.3, -0.25) is 4.79 Å². The fraction of sp³-hybridized carbons (Fsp3) is 0.586. The first-order valence-electron chi connectivity index (χ1n) is 13.2. The Kier molecular flexibility index (Phi) is 10.3. The van der Waals surface area contributed by atoms with Crippen LogP contribution in [-0.2, 0) is 14.3 Å². The van der Waals surface area contributed by atoms with Crippen LogP contribution in [0.3, 0.4) is 0 Å². The molecule has 8 atom stereocenters. The molecule has 0 spiro atoms. The summed E-state index contributed by atoms with van der Waals surface area (Å²) in [5.74, 6) is -0.965. The Morgan fingerprint density at radius 2 is 1.95 bits per heavy atom. The standard InChI is InChI=1S/C29H40O8/c1-4-25(36-23-7-5-6-17(2)12-23)29(35)37-26-15-21(31)13-19-9-8-18(3)24(28(19)26)11-10-20(30)14-22(32)16-27(33)34/h5-9,12-13,18,20-22,24-26,28,30-32H,4,10-11,14-16H2,1-3H3,(H,33,34). The van der Waals surface area contributed by atoms with Gasteiger partial charge in [0.1, 0.15) is 11.9 Å². The zero-order chi connectivity index (χ0) is 27.1. The highest BCUT2D eigenvalue weighted by Gasteiger charge is 2.42. The van der Waals surface area contributed by atoms with Crippen LogP contribution in [0.1, 0.15) is 57.9 Å². The number of ether oxygens (including phenoxy) is 2. The van der Waals surface area contributed by atoms with Crippen LogP contribution in [0.4, 0.5) is 0 Å². The number of carbonyl (C=O) groups is 2. The van der Waals surface area contributed by atoms with Crippen LogP contribution in [0, 0.1) is 24.7 Å². The second-order valence-electron chi connectivity index (χ2n) is 10.4.